The van der Waals surface area contributed by atoms with E-state index >= 15 is 0 Å². The molecule has 0 bridgehead atoms. The van der Waals surface area contributed by atoms with Crippen LogP contribution in [0, 0.1) is 0 Å². The first-order valence-corrected chi connectivity index (χ1v) is 9.28. The Hall–Kier alpha value is -3.74. The summed E-state index contributed by atoms with van der Waals surface area (Å²) in [6, 6.07) is 15.5. The third-order valence-corrected chi connectivity index (χ3v) is 4.95. The predicted molar refractivity (Wildman–Crippen MR) is 107 cm³/mol. The summed E-state index contributed by atoms with van der Waals surface area (Å²) in [7, 11) is 0. The van der Waals surface area contributed by atoms with Crippen molar-refractivity contribution in [3.8, 4) is 11.3 Å². The first-order chi connectivity index (χ1) is 13.9. The summed E-state index contributed by atoms with van der Waals surface area (Å²) in [4.78, 5) is 55.1. The van der Waals surface area contributed by atoms with E-state index in [4.69, 9.17) is 0 Å². The predicted octanol–water partition coefficient (Wildman–Crippen LogP) is 3.22. The van der Waals surface area contributed by atoms with Gasteiger partial charge in [0, 0.05) is 16.9 Å². The number of rotatable bonds is 5. The number of benzene rings is 2. The van der Waals surface area contributed by atoms with Crippen LogP contribution in [0.25, 0.3) is 22.2 Å². The van der Waals surface area contributed by atoms with E-state index in [1.807, 2.05) is 54.6 Å². The van der Waals surface area contributed by atoms with Gasteiger partial charge in [-0.3, -0.25) is 19.3 Å². The molecule has 0 atom stereocenters. The number of hydrogen-bond acceptors (Lipinski definition) is 4. The van der Waals surface area contributed by atoms with Gasteiger partial charge >= 0.3 is 17.8 Å². The normalized spacial score (nSPS) is 14.5. The first kappa shape index (κ1) is 18.6. The Labute approximate surface area is 166 Å². The second-order valence-electron chi connectivity index (χ2n) is 7.15. The molecule has 1 fully saturated rings. The van der Waals surface area contributed by atoms with Gasteiger partial charge in [0.15, 0.2) is 5.78 Å². The van der Waals surface area contributed by atoms with E-state index in [2.05, 4.69) is 4.98 Å². The van der Waals surface area contributed by atoms with Crippen molar-refractivity contribution in [1.29, 1.82) is 0 Å². The first-order valence-electron chi connectivity index (χ1n) is 9.28. The number of ketones is 1. The van der Waals surface area contributed by atoms with E-state index in [0.717, 1.165) is 20.9 Å². The highest BCUT2D eigenvalue weighted by Gasteiger charge is 2.46. The Morgan fingerprint density at radius 1 is 0.931 bits per heavy atom. The van der Waals surface area contributed by atoms with E-state index in [1.165, 1.54) is 0 Å². The van der Waals surface area contributed by atoms with E-state index < -0.39 is 36.2 Å². The molecule has 2 heterocycles. The maximum Gasteiger partial charge on any atom is 0.334 e. The Morgan fingerprint density at radius 3 is 2.24 bits per heavy atom. The molecule has 2 aromatic carbocycles. The second kappa shape index (κ2) is 7.01. The molecular weight excluding hydrogens is 370 g/mol. The number of aromatic amines is 1. The van der Waals surface area contributed by atoms with Gasteiger partial charge in [0.1, 0.15) is 0 Å². The molecule has 1 saturated heterocycles. The summed E-state index contributed by atoms with van der Waals surface area (Å²) < 4.78 is 0. The average molecular weight is 389 g/mol. The molecule has 1 aromatic heterocycles. The van der Waals surface area contributed by atoms with E-state index in [-0.39, 0.29) is 0 Å². The highest BCUT2D eigenvalue weighted by Crippen LogP contribution is 2.31. The summed E-state index contributed by atoms with van der Waals surface area (Å²) in [6.07, 6.45) is 0. The maximum atomic E-state index is 13.2. The molecule has 1 aliphatic heterocycles. The lowest BCUT2D eigenvalue weighted by Gasteiger charge is -2.18. The standard InChI is InChI=1S/C22H19N3O4/c1-13(2)25-21(28)20(27)24(22(25)29)12-17(26)18-15-10-6-7-11-16(15)23-19(18)14-8-4-3-5-9-14/h3-11,13,23H,12H2,1-2H3. The van der Waals surface area contributed by atoms with Crippen molar-refractivity contribution < 1.29 is 19.2 Å². The van der Waals surface area contributed by atoms with E-state index in [9.17, 15) is 19.2 Å². The number of urea groups is 1. The fraction of sp³-hybridized carbons (Fsp3) is 0.182. The van der Waals surface area contributed by atoms with Gasteiger partial charge in [-0.15, -0.1) is 0 Å². The minimum Gasteiger partial charge on any atom is -0.354 e. The number of para-hydroxylation sites is 1. The van der Waals surface area contributed by atoms with Crippen molar-refractivity contribution in [2.45, 2.75) is 19.9 Å². The fourth-order valence-corrected chi connectivity index (χ4v) is 3.59. The number of amides is 4. The highest BCUT2D eigenvalue weighted by atomic mass is 16.2. The van der Waals surface area contributed by atoms with Gasteiger partial charge in [-0.1, -0.05) is 48.5 Å². The van der Waals surface area contributed by atoms with Gasteiger partial charge in [-0.05, 0) is 25.5 Å². The molecule has 1 N–H and O–H groups in total. The van der Waals surface area contributed by atoms with Gasteiger partial charge < -0.3 is 4.98 Å². The molecule has 146 valence electrons. The second-order valence-corrected chi connectivity index (χ2v) is 7.15. The van der Waals surface area contributed by atoms with Crippen LogP contribution in [0.1, 0.15) is 24.2 Å². The number of hydrogen-bond donors (Lipinski definition) is 1. The Morgan fingerprint density at radius 2 is 1.59 bits per heavy atom. The molecule has 29 heavy (non-hydrogen) atoms. The third kappa shape index (κ3) is 3.00. The van der Waals surface area contributed by atoms with Crippen LogP contribution in [0.2, 0.25) is 0 Å². The van der Waals surface area contributed by atoms with Crippen molar-refractivity contribution in [3.63, 3.8) is 0 Å². The SMILES string of the molecule is CC(C)N1C(=O)C(=O)N(CC(=O)c2c(-c3ccccc3)[nH]c3ccccc23)C1=O. The fourth-order valence-electron chi connectivity index (χ4n) is 3.59. The van der Waals surface area contributed by atoms with Gasteiger partial charge in [-0.25, -0.2) is 9.69 Å². The van der Waals surface area contributed by atoms with Gasteiger partial charge in [0.2, 0.25) is 0 Å². The molecule has 3 aromatic rings. The number of nitrogens with zero attached hydrogens (tertiary/aromatic N) is 2. The lowest BCUT2D eigenvalue weighted by molar-refractivity contribution is -0.143. The molecule has 0 spiro atoms. The quantitative estimate of drug-likeness (QED) is 0.412. The molecule has 4 rings (SSSR count). The summed E-state index contributed by atoms with van der Waals surface area (Å²) in [6.45, 7) is 2.79. The Balaban J connectivity index is 1.76. The van der Waals surface area contributed by atoms with Crippen LogP contribution < -0.4 is 0 Å². The lowest BCUT2D eigenvalue weighted by atomic mass is 10.0. The number of H-pyrrole nitrogens is 1. The van der Waals surface area contributed by atoms with E-state index in [1.54, 1.807) is 13.8 Å². The van der Waals surface area contributed by atoms with Gasteiger partial charge in [0.05, 0.1) is 17.8 Å². The molecule has 7 nitrogen and oxygen atoms in total. The molecular formula is C22H19N3O4. The monoisotopic (exact) mass is 389 g/mol. The average Bonchev–Trinajstić information content (AvgIpc) is 3.20. The Kier molecular flexibility index (Phi) is 4.50. The van der Waals surface area contributed by atoms with Crippen molar-refractivity contribution in [2.75, 3.05) is 6.54 Å². The molecule has 1 aliphatic rings. The summed E-state index contributed by atoms with van der Waals surface area (Å²) in [5.41, 5.74) is 2.59. The zero-order valence-corrected chi connectivity index (χ0v) is 16.0. The van der Waals surface area contributed by atoms with Crippen molar-refractivity contribution in [1.82, 2.24) is 14.8 Å². The largest absolute Gasteiger partial charge is 0.354 e. The molecule has 0 aliphatic carbocycles. The van der Waals surface area contributed by atoms with Crippen molar-refractivity contribution in [2.24, 2.45) is 0 Å². The van der Waals surface area contributed by atoms with Crippen LogP contribution >= 0.6 is 0 Å². The van der Waals surface area contributed by atoms with Crippen LogP contribution in [0.4, 0.5) is 4.79 Å². The third-order valence-electron chi connectivity index (χ3n) is 4.95. The van der Waals surface area contributed by atoms with Gasteiger partial charge in [-0.2, -0.15) is 0 Å². The smallest absolute Gasteiger partial charge is 0.334 e. The minimum atomic E-state index is -0.974. The lowest BCUT2D eigenvalue weighted by Crippen LogP contribution is -2.39. The molecule has 0 radical (unpaired) electrons. The molecule has 7 heteroatoms. The van der Waals surface area contributed by atoms with Crippen molar-refractivity contribution in [3.05, 3.63) is 60.2 Å². The topological polar surface area (TPSA) is 90.6 Å². The summed E-state index contributed by atoms with van der Waals surface area (Å²) in [5.74, 6) is -2.29. The highest BCUT2D eigenvalue weighted by molar-refractivity contribution is 6.45. The number of Topliss-reactive ketones (excluding diaryl/α,β-unsaturated/α-hetero) is 1. The number of imide groups is 2. The van der Waals surface area contributed by atoms with Crippen LogP contribution in [-0.2, 0) is 9.59 Å². The number of nitrogens with one attached hydrogen (secondary N) is 1. The zero-order valence-electron chi connectivity index (χ0n) is 16.0. The minimum absolute atomic E-state index is 0.392. The van der Waals surface area contributed by atoms with Gasteiger partial charge in [0.25, 0.3) is 0 Å². The number of carbonyl (C=O) groups is 4. The number of fused-ring (bicyclic) bond motifs is 1. The maximum absolute atomic E-state index is 13.2. The van der Waals surface area contributed by atoms with Crippen LogP contribution in [-0.4, -0.2) is 51.0 Å². The summed E-state index contributed by atoms with van der Waals surface area (Å²) in [5, 5.41) is 0.697. The number of carbonyl (C=O) groups excluding carboxylic acids is 4. The zero-order chi connectivity index (χ0) is 20.7. The van der Waals surface area contributed by atoms with Crippen LogP contribution in [0.3, 0.4) is 0 Å². The molecule has 4 amide bonds. The van der Waals surface area contributed by atoms with Crippen LogP contribution in [0.15, 0.2) is 54.6 Å². The van der Waals surface area contributed by atoms with Crippen molar-refractivity contribution >= 4 is 34.5 Å². The van der Waals surface area contributed by atoms with Crippen LogP contribution in [0.5, 0.6) is 0 Å². The molecule has 0 unspecified atom stereocenters. The summed E-state index contributed by atoms with van der Waals surface area (Å²) >= 11 is 0. The Bertz CT molecular complexity index is 1150. The molecule has 0 saturated carbocycles. The van der Waals surface area contributed by atoms with E-state index in [0.29, 0.717) is 16.6 Å². The number of aromatic nitrogens is 1.